The van der Waals surface area contributed by atoms with Crippen LogP contribution in [0.25, 0.3) is 0 Å². The fourth-order valence-corrected chi connectivity index (χ4v) is 4.10. The highest BCUT2D eigenvalue weighted by atomic mass is 14.8. The minimum Gasteiger partial charge on any atom is -0.319 e. The molecule has 1 heteroatoms. The smallest absolute Gasteiger partial charge is 0.00208 e. The molecule has 0 aromatic carbocycles. The molecule has 0 spiro atoms. The fourth-order valence-electron chi connectivity index (χ4n) is 4.10. The highest BCUT2D eigenvalue weighted by molar-refractivity contribution is 4.81. The SMILES string of the molecule is CCCC(CC)CC(C)C1CCCC[C@@H]1CNC. The molecule has 0 aromatic heterocycles. The van der Waals surface area contributed by atoms with E-state index in [0.717, 1.165) is 23.7 Å². The highest BCUT2D eigenvalue weighted by Crippen LogP contribution is 2.38. The molecule has 1 aliphatic carbocycles. The van der Waals surface area contributed by atoms with E-state index in [0.29, 0.717) is 0 Å². The molecule has 108 valence electrons. The van der Waals surface area contributed by atoms with E-state index >= 15 is 0 Å². The van der Waals surface area contributed by atoms with E-state index < -0.39 is 0 Å². The minimum atomic E-state index is 0.931. The summed E-state index contributed by atoms with van der Waals surface area (Å²) in [5.41, 5.74) is 0. The van der Waals surface area contributed by atoms with Gasteiger partial charge in [-0.15, -0.1) is 0 Å². The van der Waals surface area contributed by atoms with Gasteiger partial charge in [-0.05, 0) is 56.5 Å². The van der Waals surface area contributed by atoms with Gasteiger partial charge in [0.1, 0.15) is 0 Å². The van der Waals surface area contributed by atoms with Gasteiger partial charge in [-0.1, -0.05) is 52.9 Å². The van der Waals surface area contributed by atoms with E-state index in [1.165, 1.54) is 57.9 Å². The molecule has 0 aliphatic heterocycles. The molecule has 0 radical (unpaired) electrons. The average molecular weight is 253 g/mol. The first-order valence-corrected chi connectivity index (χ1v) is 8.37. The summed E-state index contributed by atoms with van der Waals surface area (Å²) < 4.78 is 0. The van der Waals surface area contributed by atoms with Crippen molar-refractivity contribution in [1.29, 1.82) is 0 Å². The van der Waals surface area contributed by atoms with E-state index in [4.69, 9.17) is 0 Å². The molecule has 1 aliphatic rings. The zero-order valence-electron chi connectivity index (χ0n) is 13.2. The molecule has 1 rings (SSSR count). The van der Waals surface area contributed by atoms with Gasteiger partial charge in [0.2, 0.25) is 0 Å². The number of nitrogens with one attached hydrogen (secondary N) is 1. The van der Waals surface area contributed by atoms with Crippen molar-refractivity contribution < 1.29 is 0 Å². The molecule has 4 atom stereocenters. The molecule has 0 amide bonds. The van der Waals surface area contributed by atoms with Crippen LogP contribution in [-0.4, -0.2) is 13.6 Å². The first kappa shape index (κ1) is 16.0. The van der Waals surface area contributed by atoms with E-state index in [1.54, 1.807) is 0 Å². The van der Waals surface area contributed by atoms with Crippen LogP contribution in [0, 0.1) is 23.7 Å². The van der Waals surface area contributed by atoms with Crippen LogP contribution in [0.5, 0.6) is 0 Å². The van der Waals surface area contributed by atoms with Gasteiger partial charge in [-0.2, -0.15) is 0 Å². The molecule has 3 unspecified atom stereocenters. The van der Waals surface area contributed by atoms with Gasteiger partial charge >= 0.3 is 0 Å². The lowest BCUT2D eigenvalue weighted by Crippen LogP contribution is -2.33. The van der Waals surface area contributed by atoms with Crippen LogP contribution in [0.4, 0.5) is 0 Å². The average Bonchev–Trinajstić information content (AvgIpc) is 2.39. The molecule has 0 aromatic rings. The summed E-state index contributed by atoms with van der Waals surface area (Å²) >= 11 is 0. The van der Waals surface area contributed by atoms with E-state index in [9.17, 15) is 0 Å². The molecule has 1 saturated carbocycles. The molecule has 0 saturated heterocycles. The zero-order valence-corrected chi connectivity index (χ0v) is 13.2. The van der Waals surface area contributed by atoms with Crippen molar-refractivity contribution >= 4 is 0 Å². The normalized spacial score (nSPS) is 28.0. The maximum atomic E-state index is 3.41. The van der Waals surface area contributed by atoms with Crippen molar-refractivity contribution in [3.63, 3.8) is 0 Å². The molecular weight excluding hydrogens is 218 g/mol. The van der Waals surface area contributed by atoms with Gasteiger partial charge in [0, 0.05) is 0 Å². The lowest BCUT2D eigenvalue weighted by molar-refractivity contribution is 0.146. The second-order valence-corrected chi connectivity index (χ2v) is 6.54. The Bertz CT molecular complexity index is 200. The lowest BCUT2D eigenvalue weighted by atomic mass is 9.70. The third-order valence-corrected chi connectivity index (χ3v) is 5.14. The Kier molecular flexibility index (Phi) is 7.97. The lowest BCUT2D eigenvalue weighted by Gasteiger charge is -2.37. The van der Waals surface area contributed by atoms with E-state index in [2.05, 4.69) is 33.1 Å². The number of hydrogen-bond donors (Lipinski definition) is 1. The monoisotopic (exact) mass is 253 g/mol. The van der Waals surface area contributed by atoms with Crippen molar-refractivity contribution in [2.45, 2.75) is 72.1 Å². The van der Waals surface area contributed by atoms with Crippen molar-refractivity contribution in [2.75, 3.05) is 13.6 Å². The standard InChI is InChI=1S/C17H35N/c1-5-9-15(6-2)12-14(3)17-11-8-7-10-16(17)13-18-4/h14-18H,5-13H2,1-4H3/t14?,15?,16-,17?/m1/s1. The zero-order chi connectivity index (χ0) is 13.4. The Hall–Kier alpha value is -0.0400. The summed E-state index contributed by atoms with van der Waals surface area (Å²) in [5.74, 6) is 3.83. The van der Waals surface area contributed by atoms with Crippen molar-refractivity contribution in [2.24, 2.45) is 23.7 Å². The van der Waals surface area contributed by atoms with Gasteiger partial charge in [0.15, 0.2) is 0 Å². The first-order valence-electron chi connectivity index (χ1n) is 8.37. The molecule has 1 nitrogen and oxygen atoms in total. The van der Waals surface area contributed by atoms with Crippen LogP contribution < -0.4 is 5.32 Å². The van der Waals surface area contributed by atoms with Crippen LogP contribution in [0.2, 0.25) is 0 Å². The highest BCUT2D eigenvalue weighted by Gasteiger charge is 2.29. The van der Waals surface area contributed by atoms with Crippen LogP contribution >= 0.6 is 0 Å². The van der Waals surface area contributed by atoms with Crippen LogP contribution in [0.3, 0.4) is 0 Å². The molecule has 1 N–H and O–H groups in total. The second-order valence-electron chi connectivity index (χ2n) is 6.54. The maximum absolute atomic E-state index is 3.41. The maximum Gasteiger partial charge on any atom is -0.00208 e. The van der Waals surface area contributed by atoms with E-state index in [-0.39, 0.29) is 0 Å². The Balaban J connectivity index is 2.48. The summed E-state index contributed by atoms with van der Waals surface area (Å²) in [6, 6.07) is 0. The number of hydrogen-bond acceptors (Lipinski definition) is 1. The first-order chi connectivity index (χ1) is 8.72. The van der Waals surface area contributed by atoms with E-state index in [1.807, 2.05) is 0 Å². The Morgan fingerprint density at radius 2 is 1.89 bits per heavy atom. The van der Waals surface area contributed by atoms with Crippen molar-refractivity contribution in [3.05, 3.63) is 0 Å². The largest absolute Gasteiger partial charge is 0.319 e. The molecule has 0 heterocycles. The van der Waals surface area contributed by atoms with Crippen LogP contribution in [0.15, 0.2) is 0 Å². The van der Waals surface area contributed by atoms with Crippen LogP contribution in [0.1, 0.15) is 72.1 Å². The summed E-state index contributed by atoms with van der Waals surface area (Å²) in [6.07, 6.45) is 11.5. The molecule has 1 fully saturated rings. The fraction of sp³-hybridized carbons (Fsp3) is 1.00. The van der Waals surface area contributed by atoms with Gasteiger partial charge in [-0.25, -0.2) is 0 Å². The Labute approximate surface area is 115 Å². The summed E-state index contributed by atoms with van der Waals surface area (Å²) in [6.45, 7) is 8.47. The van der Waals surface area contributed by atoms with Crippen LogP contribution in [-0.2, 0) is 0 Å². The van der Waals surface area contributed by atoms with Crippen molar-refractivity contribution in [3.8, 4) is 0 Å². The topological polar surface area (TPSA) is 12.0 Å². The summed E-state index contributed by atoms with van der Waals surface area (Å²) in [7, 11) is 2.11. The summed E-state index contributed by atoms with van der Waals surface area (Å²) in [5, 5.41) is 3.41. The quantitative estimate of drug-likeness (QED) is 0.651. The van der Waals surface area contributed by atoms with Crippen molar-refractivity contribution in [1.82, 2.24) is 5.32 Å². The predicted molar refractivity (Wildman–Crippen MR) is 81.8 cm³/mol. The minimum absolute atomic E-state index is 0.931. The van der Waals surface area contributed by atoms with Gasteiger partial charge in [0.25, 0.3) is 0 Å². The van der Waals surface area contributed by atoms with Gasteiger partial charge < -0.3 is 5.32 Å². The van der Waals surface area contributed by atoms with Gasteiger partial charge in [-0.3, -0.25) is 0 Å². The molecule has 0 bridgehead atoms. The Morgan fingerprint density at radius 3 is 2.50 bits per heavy atom. The second kappa shape index (κ2) is 8.96. The third-order valence-electron chi connectivity index (χ3n) is 5.14. The molecular formula is C17H35N. The number of rotatable bonds is 8. The van der Waals surface area contributed by atoms with Gasteiger partial charge in [0.05, 0.1) is 0 Å². The summed E-state index contributed by atoms with van der Waals surface area (Å²) in [4.78, 5) is 0. The third kappa shape index (κ3) is 4.91. The Morgan fingerprint density at radius 1 is 1.17 bits per heavy atom. The predicted octanol–water partition coefficient (Wildman–Crippen LogP) is 4.86. The molecule has 18 heavy (non-hydrogen) atoms.